The molecule has 1 N–H and O–H groups in total. The lowest BCUT2D eigenvalue weighted by atomic mass is 9.92. The van der Waals surface area contributed by atoms with Crippen LogP contribution in [0.3, 0.4) is 0 Å². The average Bonchev–Trinajstić information content (AvgIpc) is 3.34. The number of nitrogens with one attached hydrogen (secondary N) is 1. The molecule has 2 bridgehead atoms. The fraction of sp³-hybridized carbons (Fsp3) is 0.321. The lowest BCUT2D eigenvalue weighted by Gasteiger charge is -2.34. The molecule has 8 nitrogen and oxygen atoms in total. The number of nitriles is 1. The molecule has 200 valence electrons. The van der Waals surface area contributed by atoms with Crippen molar-refractivity contribution < 1.29 is 18.4 Å². The van der Waals surface area contributed by atoms with Gasteiger partial charge in [0.2, 0.25) is 11.8 Å². The van der Waals surface area contributed by atoms with Crippen molar-refractivity contribution in [1.29, 1.82) is 5.26 Å². The van der Waals surface area contributed by atoms with Crippen molar-refractivity contribution in [1.82, 2.24) is 19.7 Å². The first-order chi connectivity index (χ1) is 18.8. The molecule has 0 spiro atoms. The molecule has 3 aromatic rings. The van der Waals surface area contributed by atoms with E-state index in [4.69, 9.17) is 11.6 Å². The van der Waals surface area contributed by atoms with Gasteiger partial charge in [-0.15, -0.1) is 0 Å². The van der Waals surface area contributed by atoms with E-state index in [0.29, 0.717) is 64.3 Å². The van der Waals surface area contributed by atoms with Crippen molar-refractivity contribution in [2.24, 2.45) is 5.92 Å². The van der Waals surface area contributed by atoms with E-state index < -0.39 is 12.6 Å². The number of pyridine rings is 1. The quantitative estimate of drug-likeness (QED) is 0.432. The molecule has 39 heavy (non-hydrogen) atoms. The van der Waals surface area contributed by atoms with Gasteiger partial charge in [0.25, 0.3) is 0 Å². The van der Waals surface area contributed by atoms with Gasteiger partial charge in [0, 0.05) is 35.3 Å². The summed E-state index contributed by atoms with van der Waals surface area (Å²) in [5.74, 6) is -0.906. The zero-order valence-corrected chi connectivity index (χ0v) is 21.8. The van der Waals surface area contributed by atoms with E-state index in [-0.39, 0.29) is 29.1 Å². The molecule has 0 saturated carbocycles. The van der Waals surface area contributed by atoms with Crippen LogP contribution in [0.1, 0.15) is 62.0 Å². The molecule has 2 aliphatic rings. The van der Waals surface area contributed by atoms with Crippen molar-refractivity contribution in [3.05, 3.63) is 70.6 Å². The number of carbonyl (C=O) groups excluding carboxylic acids is 2. The minimum absolute atomic E-state index is 0.0747. The third-order valence-electron chi connectivity index (χ3n) is 7.22. The van der Waals surface area contributed by atoms with Crippen LogP contribution in [0.2, 0.25) is 5.02 Å². The van der Waals surface area contributed by atoms with Crippen LogP contribution in [0.15, 0.2) is 48.8 Å². The summed E-state index contributed by atoms with van der Waals surface area (Å²) >= 11 is 6.16. The topological polar surface area (TPSA) is 104 Å². The molecule has 2 unspecified atom stereocenters. The minimum atomic E-state index is -2.92. The number of fused-ring (bicyclic) bond motifs is 4. The summed E-state index contributed by atoms with van der Waals surface area (Å²) in [7, 11) is 0. The predicted octanol–water partition coefficient (Wildman–Crippen LogP) is 5.98. The first-order valence-corrected chi connectivity index (χ1v) is 13.0. The Kier molecular flexibility index (Phi) is 7.44. The highest BCUT2D eigenvalue weighted by molar-refractivity contribution is 6.30. The summed E-state index contributed by atoms with van der Waals surface area (Å²) in [5, 5.41) is 16.6. The molecule has 0 fully saturated rings. The van der Waals surface area contributed by atoms with Crippen LogP contribution in [0.5, 0.6) is 0 Å². The highest BCUT2D eigenvalue weighted by Crippen LogP contribution is 2.37. The molecule has 0 aliphatic carbocycles. The van der Waals surface area contributed by atoms with Crippen molar-refractivity contribution in [2.75, 3.05) is 11.9 Å². The Balaban J connectivity index is 1.55. The van der Waals surface area contributed by atoms with Crippen LogP contribution in [-0.2, 0) is 9.59 Å². The Bertz CT molecular complexity index is 1510. The number of halogens is 3. The number of benzene rings is 1. The molecule has 4 heterocycles. The third-order valence-corrected chi connectivity index (χ3v) is 7.46. The van der Waals surface area contributed by atoms with E-state index in [1.54, 1.807) is 42.2 Å². The first-order valence-electron chi connectivity index (χ1n) is 12.6. The van der Waals surface area contributed by atoms with Gasteiger partial charge in [-0.3, -0.25) is 14.6 Å². The summed E-state index contributed by atoms with van der Waals surface area (Å²) in [6.07, 6.45) is 6.47. The Morgan fingerprint density at radius 3 is 2.77 bits per heavy atom. The molecule has 5 rings (SSSR count). The third kappa shape index (κ3) is 5.27. The average molecular weight is 551 g/mol. The molecule has 1 aromatic carbocycles. The van der Waals surface area contributed by atoms with E-state index >= 15 is 0 Å². The number of hydrogen-bond acceptors (Lipinski definition) is 5. The van der Waals surface area contributed by atoms with Crippen LogP contribution in [0, 0.1) is 17.2 Å². The maximum atomic E-state index is 13.8. The Labute approximate surface area is 228 Å². The van der Waals surface area contributed by atoms with Gasteiger partial charge in [0.15, 0.2) is 0 Å². The second-order valence-electron chi connectivity index (χ2n) is 9.69. The minimum Gasteiger partial charge on any atom is -0.330 e. The summed E-state index contributed by atoms with van der Waals surface area (Å²) in [5.41, 5.74) is 3.02. The van der Waals surface area contributed by atoms with Crippen molar-refractivity contribution in [3.8, 4) is 17.3 Å². The fourth-order valence-electron chi connectivity index (χ4n) is 5.19. The normalized spacial score (nSPS) is 19.9. The smallest absolute Gasteiger partial charge is 0.330 e. The zero-order valence-electron chi connectivity index (χ0n) is 21.1. The molecule has 0 saturated heterocycles. The molecule has 11 heteroatoms. The standard InChI is InChI=1S/C28H25ClF2N6O2/c1-16-3-2-4-24(36-10-8-17(12-25(36)38)21-13-20(29)6-5-19(21)14-32)22-11-18(7-9-33-22)26-23(35-27(16)39)15-34-37(26)28(30)31/h5-7,9,11-13,15-16,24,28H,2-4,8,10H2,1H3,(H,35,39). The van der Waals surface area contributed by atoms with Crippen LogP contribution in [0.25, 0.3) is 16.8 Å². The van der Waals surface area contributed by atoms with Gasteiger partial charge in [-0.1, -0.05) is 24.9 Å². The van der Waals surface area contributed by atoms with E-state index in [0.717, 1.165) is 5.57 Å². The molecule has 2 atom stereocenters. The molecular weight excluding hydrogens is 526 g/mol. The fourth-order valence-corrected chi connectivity index (χ4v) is 5.36. The Morgan fingerprint density at radius 2 is 2.03 bits per heavy atom. The SMILES string of the molecule is CC1CCCC(N2CCC(c3cc(Cl)ccc3C#N)=CC2=O)c2cc(ccn2)-c2c(cnn2C(F)F)NC1=O. The van der Waals surface area contributed by atoms with Crippen LogP contribution in [-0.4, -0.2) is 38.0 Å². The second-order valence-corrected chi connectivity index (χ2v) is 10.1. The summed E-state index contributed by atoms with van der Waals surface area (Å²) in [4.78, 5) is 32.6. The molecule has 2 aromatic heterocycles. The number of nitrogens with zero attached hydrogens (tertiary/aromatic N) is 5. The molecule has 2 aliphatic heterocycles. The Hall–Kier alpha value is -4.10. The number of hydrogen-bond donors (Lipinski definition) is 1. The summed E-state index contributed by atoms with van der Waals surface area (Å²) in [6, 6.07) is 9.93. The van der Waals surface area contributed by atoms with Crippen LogP contribution >= 0.6 is 11.6 Å². The lowest BCUT2D eigenvalue weighted by molar-refractivity contribution is -0.129. The van der Waals surface area contributed by atoms with E-state index in [2.05, 4.69) is 21.5 Å². The Morgan fingerprint density at radius 1 is 1.21 bits per heavy atom. The van der Waals surface area contributed by atoms with Crippen LogP contribution in [0.4, 0.5) is 14.5 Å². The van der Waals surface area contributed by atoms with Gasteiger partial charge in [-0.2, -0.15) is 19.1 Å². The van der Waals surface area contributed by atoms with E-state index in [9.17, 15) is 23.6 Å². The van der Waals surface area contributed by atoms with Gasteiger partial charge in [0.05, 0.1) is 40.9 Å². The van der Waals surface area contributed by atoms with E-state index in [1.807, 2.05) is 0 Å². The largest absolute Gasteiger partial charge is 0.333 e. The molecule has 2 amide bonds. The zero-order chi connectivity index (χ0) is 27.7. The van der Waals surface area contributed by atoms with Gasteiger partial charge in [-0.25, -0.2) is 4.68 Å². The number of rotatable bonds is 3. The van der Waals surface area contributed by atoms with Crippen molar-refractivity contribution >= 4 is 34.7 Å². The van der Waals surface area contributed by atoms with E-state index in [1.165, 1.54) is 18.5 Å². The van der Waals surface area contributed by atoms with Crippen molar-refractivity contribution in [2.45, 2.75) is 45.2 Å². The predicted molar refractivity (Wildman–Crippen MR) is 142 cm³/mol. The first kappa shape index (κ1) is 26.5. The lowest BCUT2D eigenvalue weighted by Crippen LogP contribution is -2.38. The van der Waals surface area contributed by atoms with Gasteiger partial charge in [-0.05, 0) is 60.7 Å². The number of alkyl halides is 2. The highest BCUT2D eigenvalue weighted by atomic mass is 35.5. The van der Waals surface area contributed by atoms with Crippen molar-refractivity contribution in [3.63, 3.8) is 0 Å². The number of aromatic nitrogens is 3. The van der Waals surface area contributed by atoms with Crippen LogP contribution < -0.4 is 5.32 Å². The summed E-state index contributed by atoms with van der Waals surface area (Å²) in [6.45, 7) is -0.765. The highest BCUT2D eigenvalue weighted by Gasteiger charge is 2.31. The number of amides is 2. The maximum Gasteiger partial charge on any atom is 0.333 e. The monoisotopic (exact) mass is 550 g/mol. The molecule has 0 radical (unpaired) electrons. The molecular formula is C28H25ClF2N6O2. The number of anilines is 1. The van der Waals surface area contributed by atoms with Gasteiger partial charge < -0.3 is 10.2 Å². The summed E-state index contributed by atoms with van der Waals surface area (Å²) < 4.78 is 28.3. The van der Waals surface area contributed by atoms with Gasteiger partial charge >= 0.3 is 6.55 Å². The number of carbonyl (C=O) groups is 2. The second kappa shape index (κ2) is 10.9. The van der Waals surface area contributed by atoms with Gasteiger partial charge in [0.1, 0.15) is 0 Å². The maximum absolute atomic E-state index is 13.8.